The van der Waals surface area contributed by atoms with Crippen molar-refractivity contribution in [3.8, 4) is 0 Å². The maximum Gasteiger partial charge on any atom is 0.129 e. The average molecular weight is 204 g/mol. The van der Waals surface area contributed by atoms with Crippen LogP contribution < -0.4 is 0 Å². The number of nitrogens with one attached hydrogen (secondary N) is 1. The fourth-order valence-electron chi connectivity index (χ4n) is 1.57. The maximum absolute atomic E-state index is 5.84. The van der Waals surface area contributed by atoms with E-state index in [9.17, 15) is 0 Å². The van der Waals surface area contributed by atoms with Crippen LogP contribution in [0.5, 0.6) is 0 Å². The lowest BCUT2D eigenvalue weighted by Gasteiger charge is -1.98. The van der Waals surface area contributed by atoms with Gasteiger partial charge in [-0.2, -0.15) is 0 Å². The van der Waals surface area contributed by atoms with E-state index in [-0.39, 0.29) is 0 Å². The van der Waals surface area contributed by atoms with Crippen molar-refractivity contribution in [1.82, 2.24) is 15.0 Å². The molecule has 0 fully saturated rings. The van der Waals surface area contributed by atoms with Crippen molar-refractivity contribution in [2.75, 3.05) is 0 Å². The number of pyridine rings is 1. The van der Waals surface area contributed by atoms with Crippen LogP contribution in [0.4, 0.5) is 0 Å². The van der Waals surface area contributed by atoms with Gasteiger partial charge in [0.15, 0.2) is 0 Å². The largest absolute Gasteiger partial charge is 0.343 e. The Morgan fingerprint density at radius 3 is 2.93 bits per heavy atom. The Labute approximate surface area is 84.7 Å². The molecule has 3 rings (SSSR count). The van der Waals surface area contributed by atoms with Crippen molar-refractivity contribution in [3.63, 3.8) is 0 Å². The van der Waals surface area contributed by atoms with Crippen LogP contribution in [0, 0.1) is 0 Å². The molecule has 0 atom stereocenters. The monoisotopic (exact) mass is 203 g/mol. The molecule has 3 aromatic rings. The Kier molecular flexibility index (Phi) is 1.49. The zero-order chi connectivity index (χ0) is 9.54. The molecule has 3 nitrogen and oxygen atoms in total. The number of fused-ring (bicyclic) bond motifs is 3. The summed E-state index contributed by atoms with van der Waals surface area (Å²) < 4.78 is 0. The minimum absolute atomic E-state index is 0.500. The van der Waals surface area contributed by atoms with Gasteiger partial charge in [0.1, 0.15) is 5.15 Å². The van der Waals surface area contributed by atoms with Gasteiger partial charge in [-0.15, -0.1) is 0 Å². The SMILES string of the molecule is Clc1ccc2ccc3nc[nH]c3c2n1. The highest BCUT2D eigenvalue weighted by molar-refractivity contribution is 6.30. The van der Waals surface area contributed by atoms with Gasteiger partial charge in [0.25, 0.3) is 0 Å². The molecule has 14 heavy (non-hydrogen) atoms. The molecule has 0 amide bonds. The summed E-state index contributed by atoms with van der Waals surface area (Å²) in [4.78, 5) is 11.5. The van der Waals surface area contributed by atoms with Crippen LogP contribution in [0.2, 0.25) is 5.15 Å². The Hall–Kier alpha value is -1.61. The van der Waals surface area contributed by atoms with Gasteiger partial charge < -0.3 is 4.98 Å². The highest BCUT2D eigenvalue weighted by atomic mass is 35.5. The lowest BCUT2D eigenvalue weighted by molar-refractivity contribution is 1.34. The van der Waals surface area contributed by atoms with Gasteiger partial charge >= 0.3 is 0 Å². The van der Waals surface area contributed by atoms with E-state index in [1.165, 1.54) is 0 Å². The molecule has 1 aromatic carbocycles. The van der Waals surface area contributed by atoms with Gasteiger partial charge in [-0.25, -0.2) is 9.97 Å². The third-order valence-electron chi connectivity index (χ3n) is 2.22. The quantitative estimate of drug-likeness (QED) is 0.571. The Morgan fingerprint density at radius 1 is 1.14 bits per heavy atom. The van der Waals surface area contributed by atoms with Crippen LogP contribution in [0.15, 0.2) is 30.6 Å². The first-order valence-corrected chi connectivity index (χ1v) is 4.61. The number of hydrogen-bond donors (Lipinski definition) is 1. The highest BCUT2D eigenvalue weighted by Crippen LogP contribution is 2.22. The van der Waals surface area contributed by atoms with Gasteiger partial charge in [-0.3, -0.25) is 0 Å². The van der Waals surface area contributed by atoms with E-state index in [0.29, 0.717) is 5.15 Å². The van der Waals surface area contributed by atoms with E-state index in [1.807, 2.05) is 18.2 Å². The van der Waals surface area contributed by atoms with Crippen molar-refractivity contribution < 1.29 is 0 Å². The number of H-pyrrole nitrogens is 1. The van der Waals surface area contributed by atoms with Crippen molar-refractivity contribution in [1.29, 1.82) is 0 Å². The first kappa shape index (κ1) is 7.76. The summed E-state index contributed by atoms with van der Waals surface area (Å²) in [6.45, 7) is 0. The van der Waals surface area contributed by atoms with Gasteiger partial charge in [0, 0.05) is 5.39 Å². The topological polar surface area (TPSA) is 41.6 Å². The summed E-state index contributed by atoms with van der Waals surface area (Å²) in [6, 6.07) is 7.68. The van der Waals surface area contributed by atoms with E-state index >= 15 is 0 Å². The molecule has 0 radical (unpaired) electrons. The molecule has 2 heterocycles. The number of rotatable bonds is 0. The second kappa shape index (κ2) is 2.69. The summed E-state index contributed by atoms with van der Waals surface area (Å²) in [7, 11) is 0. The zero-order valence-corrected chi connectivity index (χ0v) is 7.92. The molecule has 0 aliphatic carbocycles. The average Bonchev–Trinajstić information content (AvgIpc) is 2.65. The van der Waals surface area contributed by atoms with Crippen LogP contribution in [0.25, 0.3) is 21.9 Å². The van der Waals surface area contributed by atoms with Gasteiger partial charge in [-0.05, 0) is 18.2 Å². The van der Waals surface area contributed by atoms with Crippen LogP contribution >= 0.6 is 11.6 Å². The van der Waals surface area contributed by atoms with Crippen molar-refractivity contribution in [3.05, 3.63) is 35.7 Å². The van der Waals surface area contributed by atoms with E-state index < -0.39 is 0 Å². The van der Waals surface area contributed by atoms with E-state index in [1.54, 1.807) is 12.4 Å². The molecular weight excluding hydrogens is 198 g/mol. The predicted octanol–water partition coefficient (Wildman–Crippen LogP) is 2.76. The first-order chi connectivity index (χ1) is 6.84. The van der Waals surface area contributed by atoms with Crippen LogP contribution in [0.3, 0.4) is 0 Å². The second-order valence-corrected chi connectivity index (χ2v) is 3.46. The Morgan fingerprint density at radius 2 is 2.00 bits per heavy atom. The van der Waals surface area contributed by atoms with Gasteiger partial charge in [-0.1, -0.05) is 17.7 Å². The fourth-order valence-corrected chi connectivity index (χ4v) is 1.72. The minimum atomic E-state index is 0.500. The maximum atomic E-state index is 5.84. The molecule has 0 bridgehead atoms. The predicted molar refractivity (Wildman–Crippen MR) is 56.4 cm³/mol. The normalized spacial score (nSPS) is 11.2. The van der Waals surface area contributed by atoms with Crippen molar-refractivity contribution >= 4 is 33.5 Å². The Bertz CT molecular complexity index is 615. The summed E-state index contributed by atoms with van der Waals surface area (Å²) >= 11 is 5.84. The van der Waals surface area contributed by atoms with Gasteiger partial charge in [0.2, 0.25) is 0 Å². The molecule has 4 heteroatoms. The number of imidazole rings is 1. The Balaban J connectivity index is 2.60. The first-order valence-electron chi connectivity index (χ1n) is 4.23. The van der Waals surface area contributed by atoms with Crippen molar-refractivity contribution in [2.24, 2.45) is 0 Å². The molecule has 0 saturated carbocycles. The highest BCUT2D eigenvalue weighted by Gasteiger charge is 2.03. The summed E-state index contributed by atoms with van der Waals surface area (Å²) in [6.07, 6.45) is 1.66. The van der Waals surface area contributed by atoms with E-state index in [0.717, 1.165) is 21.9 Å². The molecule has 0 saturated heterocycles. The molecular formula is C10H6ClN3. The number of aromatic nitrogens is 3. The van der Waals surface area contributed by atoms with Crippen molar-refractivity contribution in [2.45, 2.75) is 0 Å². The minimum Gasteiger partial charge on any atom is -0.343 e. The summed E-state index contributed by atoms with van der Waals surface area (Å²) in [5, 5.41) is 1.56. The number of benzene rings is 1. The number of halogens is 1. The smallest absolute Gasteiger partial charge is 0.129 e. The fraction of sp³-hybridized carbons (Fsp3) is 0. The van der Waals surface area contributed by atoms with E-state index in [2.05, 4.69) is 15.0 Å². The number of hydrogen-bond acceptors (Lipinski definition) is 2. The number of nitrogens with zero attached hydrogens (tertiary/aromatic N) is 2. The van der Waals surface area contributed by atoms with Crippen LogP contribution in [0.1, 0.15) is 0 Å². The van der Waals surface area contributed by atoms with Crippen LogP contribution in [-0.2, 0) is 0 Å². The van der Waals surface area contributed by atoms with E-state index in [4.69, 9.17) is 11.6 Å². The standard InChI is InChI=1S/C10H6ClN3/c11-8-4-2-6-1-3-7-10(9(6)14-8)13-5-12-7/h1-5H,(H,12,13). The second-order valence-electron chi connectivity index (χ2n) is 3.07. The molecule has 0 aliphatic rings. The molecule has 68 valence electrons. The molecule has 0 unspecified atom stereocenters. The lowest BCUT2D eigenvalue weighted by Crippen LogP contribution is -1.81. The lowest BCUT2D eigenvalue weighted by atomic mass is 10.2. The molecule has 0 aliphatic heterocycles. The third kappa shape index (κ3) is 0.992. The molecule has 2 aromatic heterocycles. The number of aromatic amines is 1. The van der Waals surface area contributed by atoms with Gasteiger partial charge in [0.05, 0.1) is 22.9 Å². The molecule has 0 spiro atoms. The zero-order valence-electron chi connectivity index (χ0n) is 7.16. The van der Waals surface area contributed by atoms with Crippen LogP contribution in [-0.4, -0.2) is 15.0 Å². The third-order valence-corrected chi connectivity index (χ3v) is 2.43. The summed E-state index contributed by atoms with van der Waals surface area (Å²) in [5.74, 6) is 0. The molecule has 1 N–H and O–H groups in total. The summed E-state index contributed by atoms with van der Waals surface area (Å²) in [5.41, 5.74) is 2.71.